The zero-order chi connectivity index (χ0) is 19.1. The molecule has 1 amide bonds. The largest absolute Gasteiger partial charge is 0.354 e. The molecule has 140 valence electrons. The maximum atomic E-state index is 12.0. The molecule has 3 rings (SSSR count). The van der Waals surface area contributed by atoms with Crippen LogP contribution in [0.2, 0.25) is 0 Å². The van der Waals surface area contributed by atoms with E-state index in [2.05, 4.69) is 30.6 Å². The third-order valence-electron chi connectivity index (χ3n) is 3.79. The maximum Gasteiger partial charge on any atom is 0.223 e. The second-order valence-electron chi connectivity index (χ2n) is 6.16. The summed E-state index contributed by atoms with van der Waals surface area (Å²) in [6.45, 7) is 4.96. The van der Waals surface area contributed by atoms with Gasteiger partial charge in [-0.15, -0.1) is 11.3 Å². The Balaban J connectivity index is 1.38. The summed E-state index contributed by atoms with van der Waals surface area (Å²) in [5, 5.41) is 8.97. The molecule has 3 aromatic rings. The molecular formula is C19H22N6OS. The van der Waals surface area contributed by atoms with E-state index in [-0.39, 0.29) is 5.91 Å². The van der Waals surface area contributed by atoms with Crippen LogP contribution in [0.4, 0.5) is 5.95 Å². The lowest BCUT2D eigenvalue weighted by molar-refractivity contribution is -0.121. The zero-order valence-electron chi connectivity index (χ0n) is 15.4. The Labute approximate surface area is 162 Å². The number of nitrogens with one attached hydrogen (secondary N) is 2. The van der Waals surface area contributed by atoms with Crippen molar-refractivity contribution in [2.75, 3.05) is 11.9 Å². The number of hydrogen-bond acceptors (Lipinski definition) is 7. The molecule has 0 fully saturated rings. The van der Waals surface area contributed by atoms with Crippen molar-refractivity contribution in [2.24, 2.45) is 0 Å². The summed E-state index contributed by atoms with van der Waals surface area (Å²) in [5.41, 5.74) is 3.75. The molecule has 0 spiro atoms. The summed E-state index contributed by atoms with van der Waals surface area (Å²) in [7, 11) is 0. The maximum absolute atomic E-state index is 12.0. The molecule has 8 heteroatoms. The summed E-state index contributed by atoms with van der Waals surface area (Å²) in [4.78, 5) is 29.2. The third kappa shape index (κ3) is 5.82. The number of carbonyl (C=O) groups excluding carboxylic acids is 1. The molecule has 0 radical (unpaired) electrons. The van der Waals surface area contributed by atoms with Crippen LogP contribution in [-0.2, 0) is 11.3 Å². The average Bonchev–Trinajstić information content (AvgIpc) is 3.13. The zero-order valence-corrected chi connectivity index (χ0v) is 16.2. The second-order valence-corrected chi connectivity index (χ2v) is 7.02. The van der Waals surface area contributed by atoms with Gasteiger partial charge >= 0.3 is 0 Å². The van der Waals surface area contributed by atoms with Crippen molar-refractivity contribution in [1.82, 2.24) is 25.3 Å². The van der Waals surface area contributed by atoms with Gasteiger partial charge in [-0.05, 0) is 38.5 Å². The van der Waals surface area contributed by atoms with Crippen molar-refractivity contribution in [3.63, 3.8) is 0 Å². The summed E-state index contributed by atoms with van der Waals surface area (Å²) >= 11 is 1.56. The van der Waals surface area contributed by atoms with Crippen LogP contribution in [-0.4, -0.2) is 32.4 Å². The van der Waals surface area contributed by atoms with E-state index >= 15 is 0 Å². The van der Waals surface area contributed by atoms with Crippen LogP contribution in [0.25, 0.3) is 10.6 Å². The van der Waals surface area contributed by atoms with Crippen LogP contribution in [0.5, 0.6) is 0 Å². The highest BCUT2D eigenvalue weighted by molar-refractivity contribution is 7.13. The minimum absolute atomic E-state index is 0.0107. The Kier molecular flexibility index (Phi) is 6.43. The van der Waals surface area contributed by atoms with Crippen molar-refractivity contribution < 1.29 is 4.79 Å². The minimum atomic E-state index is 0.0107. The fourth-order valence-corrected chi connectivity index (χ4v) is 3.37. The highest BCUT2D eigenvalue weighted by Gasteiger charge is 2.07. The Hall–Kier alpha value is -2.87. The van der Waals surface area contributed by atoms with Crippen molar-refractivity contribution in [2.45, 2.75) is 33.2 Å². The van der Waals surface area contributed by atoms with E-state index in [1.165, 1.54) is 0 Å². The summed E-state index contributed by atoms with van der Waals surface area (Å²) in [6, 6.07) is 5.78. The molecule has 0 saturated heterocycles. The third-order valence-corrected chi connectivity index (χ3v) is 4.73. The van der Waals surface area contributed by atoms with E-state index in [4.69, 9.17) is 0 Å². The van der Waals surface area contributed by atoms with E-state index in [0.29, 0.717) is 31.9 Å². The van der Waals surface area contributed by atoms with Gasteiger partial charge in [-0.3, -0.25) is 9.78 Å². The first kappa shape index (κ1) is 18.9. The standard InChI is InChI=1S/C19H22N6OS/c1-13-10-14(2)24-19(23-13)21-7-3-4-17(26)22-11-16-12-27-18(25-16)15-5-8-20-9-6-15/h5-6,8-10,12H,3-4,7,11H2,1-2H3,(H,22,26)(H,21,23,24). The highest BCUT2D eigenvalue weighted by atomic mass is 32.1. The first-order valence-electron chi connectivity index (χ1n) is 8.78. The molecule has 3 heterocycles. The molecular weight excluding hydrogens is 360 g/mol. The molecule has 0 bridgehead atoms. The number of aromatic nitrogens is 4. The van der Waals surface area contributed by atoms with Crippen LogP contribution in [0.1, 0.15) is 29.9 Å². The van der Waals surface area contributed by atoms with Gasteiger partial charge < -0.3 is 10.6 Å². The summed E-state index contributed by atoms with van der Waals surface area (Å²) in [6.07, 6.45) is 4.64. The number of thiazole rings is 1. The fourth-order valence-electron chi connectivity index (χ4n) is 2.55. The molecule has 0 saturated carbocycles. The van der Waals surface area contributed by atoms with E-state index in [0.717, 1.165) is 27.7 Å². The molecule has 7 nitrogen and oxygen atoms in total. The van der Waals surface area contributed by atoms with E-state index in [9.17, 15) is 4.79 Å². The van der Waals surface area contributed by atoms with Crippen molar-refractivity contribution >= 4 is 23.2 Å². The number of anilines is 1. The molecule has 27 heavy (non-hydrogen) atoms. The number of pyridine rings is 1. The number of nitrogens with zero attached hydrogens (tertiary/aromatic N) is 4. The Morgan fingerprint density at radius 3 is 2.59 bits per heavy atom. The SMILES string of the molecule is Cc1cc(C)nc(NCCCC(=O)NCc2csc(-c3ccncc3)n2)n1. The minimum Gasteiger partial charge on any atom is -0.354 e. The molecule has 0 unspecified atom stereocenters. The van der Waals surface area contributed by atoms with Gasteiger partial charge in [0.15, 0.2) is 0 Å². The van der Waals surface area contributed by atoms with Crippen LogP contribution in [0.15, 0.2) is 36.0 Å². The molecule has 0 aliphatic rings. The molecule has 0 aromatic carbocycles. The smallest absolute Gasteiger partial charge is 0.223 e. The van der Waals surface area contributed by atoms with E-state index < -0.39 is 0 Å². The second kappa shape index (κ2) is 9.18. The predicted octanol–water partition coefficient (Wildman–Crippen LogP) is 3.12. The van der Waals surface area contributed by atoms with E-state index in [1.54, 1.807) is 23.7 Å². The first-order chi connectivity index (χ1) is 13.1. The monoisotopic (exact) mass is 382 g/mol. The topological polar surface area (TPSA) is 92.7 Å². The Bertz CT molecular complexity index is 876. The number of rotatable bonds is 8. The predicted molar refractivity (Wildman–Crippen MR) is 106 cm³/mol. The van der Waals surface area contributed by atoms with Gasteiger partial charge in [0, 0.05) is 47.7 Å². The normalized spacial score (nSPS) is 10.6. The number of carbonyl (C=O) groups is 1. The average molecular weight is 382 g/mol. The lowest BCUT2D eigenvalue weighted by Crippen LogP contribution is -2.23. The van der Waals surface area contributed by atoms with Gasteiger partial charge in [-0.1, -0.05) is 0 Å². The molecule has 3 aromatic heterocycles. The van der Waals surface area contributed by atoms with Gasteiger partial charge in [0.25, 0.3) is 0 Å². The Morgan fingerprint density at radius 1 is 1.11 bits per heavy atom. The van der Waals surface area contributed by atoms with Gasteiger partial charge in [-0.2, -0.15) is 0 Å². The lowest BCUT2D eigenvalue weighted by atomic mass is 10.3. The van der Waals surface area contributed by atoms with Gasteiger partial charge in [0.05, 0.1) is 12.2 Å². The molecule has 0 aliphatic heterocycles. The Morgan fingerprint density at radius 2 is 1.85 bits per heavy atom. The number of amides is 1. The molecule has 0 aliphatic carbocycles. The summed E-state index contributed by atoms with van der Waals surface area (Å²) in [5.74, 6) is 0.621. The van der Waals surface area contributed by atoms with Crippen LogP contribution in [0, 0.1) is 13.8 Å². The van der Waals surface area contributed by atoms with Crippen molar-refractivity contribution in [3.8, 4) is 10.6 Å². The van der Waals surface area contributed by atoms with Crippen molar-refractivity contribution in [1.29, 1.82) is 0 Å². The number of hydrogen-bond donors (Lipinski definition) is 2. The van der Waals surface area contributed by atoms with E-state index in [1.807, 2.05) is 37.4 Å². The van der Waals surface area contributed by atoms with Gasteiger partial charge in [-0.25, -0.2) is 15.0 Å². The fraction of sp³-hybridized carbons (Fsp3) is 0.316. The van der Waals surface area contributed by atoms with Crippen LogP contribution >= 0.6 is 11.3 Å². The summed E-state index contributed by atoms with van der Waals surface area (Å²) < 4.78 is 0. The highest BCUT2D eigenvalue weighted by Crippen LogP contribution is 2.22. The van der Waals surface area contributed by atoms with Gasteiger partial charge in [0.1, 0.15) is 5.01 Å². The van der Waals surface area contributed by atoms with Crippen LogP contribution < -0.4 is 10.6 Å². The van der Waals surface area contributed by atoms with Crippen molar-refractivity contribution in [3.05, 3.63) is 53.1 Å². The van der Waals surface area contributed by atoms with Gasteiger partial charge in [0.2, 0.25) is 11.9 Å². The van der Waals surface area contributed by atoms with Crippen LogP contribution in [0.3, 0.4) is 0 Å². The molecule has 2 N–H and O–H groups in total. The quantitative estimate of drug-likeness (QED) is 0.582. The molecule has 0 atom stereocenters. The lowest BCUT2D eigenvalue weighted by Gasteiger charge is -2.07. The first-order valence-corrected chi connectivity index (χ1v) is 9.66. The number of aryl methyl sites for hydroxylation is 2.